The van der Waals surface area contributed by atoms with Crippen LogP contribution in [0.25, 0.3) is 6.08 Å². The third-order valence-electron chi connectivity index (χ3n) is 3.67. The average molecular weight is 303 g/mol. The van der Waals surface area contributed by atoms with Gasteiger partial charge in [-0.1, -0.05) is 69.7 Å². The highest BCUT2D eigenvalue weighted by Crippen LogP contribution is 2.11. The van der Waals surface area contributed by atoms with E-state index in [9.17, 15) is 4.79 Å². The first-order valence-corrected chi connectivity index (χ1v) is 8.43. The lowest BCUT2D eigenvalue weighted by Crippen LogP contribution is -2.23. The fourth-order valence-corrected chi connectivity index (χ4v) is 2.40. The van der Waals surface area contributed by atoms with Crippen molar-refractivity contribution in [1.29, 1.82) is 0 Å². The summed E-state index contributed by atoms with van der Waals surface area (Å²) in [5.41, 5.74) is 1.60. The van der Waals surface area contributed by atoms with Crippen molar-refractivity contribution in [1.82, 2.24) is 5.32 Å². The highest BCUT2D eigenvalue weighted by atomic mass is 16.3. The summed E-state index contributed by atoms with van der Waals surface area (Å²) < 4.78 is 0. The predicted octanol–water partition coefficient (Wildman–Crippen LogP) is 4.52. The Morgan fingerprint density at radius 3 is 2.59 bits per heavy atom. The Morgan fingerprint density at radius 2 is 1.86 bits per heavy atom. The van der Waals surface area contributed by atoms with Gasteiger partial charge in [-0.05, 0) is 30.5 Å². The van der Waals surface area contributed by atoms with Crippen LogP contribution in [0.4, 0.5) is 0 Å². The normalized spacial score (nSPS) is 11.0. The molecule has 1 amide bonds. The lowest BCUT2D eigenvalue weighted by Gasteiger charge is -2.02. The summed E-state index contributed by atoms with van der Waals surface area (Å²) in [6.07, 6.45) is 14.6. The van der Waals surface area contributed by atoms with E-state index in [1.807, 2.05) is 18.2 Å². The number of aliphatic hydroxyl groups excluding tert-OH is 1. The molecule has 2 N–H and O–H groups in total. The average Bonchev–Trinajstić information content (AvgIpc) is 2.54. The number of benzene rings is 1. The second kappa shape index (κ2) is 12.0. The number of unbranched alkanes of at least 4 members (excludes halogenated alkanes) is 7. The van der Waals surface area contributed by atoms with Gasteiger partial charge in [-0.2, -0.15) is 0 Å². The third-order valence-corrected chi connectivity index (χ3v) is 3.67. The Balaban J connectivity index is 2.25. The molecule has 1 aromatic carbocycles. The SMILES string of the molecule is CCCCCCCCCC=Cc1cccc(C(=O)NCO)c1. The molecule has 0 radical (unpaired) electrons. The van der Waals surface area contributed by atoms with Gasteiger partial charge in [0.2, 0.25) is 0 Å². The van der Waals surface area contributed by atoms with Gasteiger partial charge in [-0.3, -0.25) is 4.79 Å². The van der Waals surface area contributed by atoms with Crippen molar-refractivity contribution in [2.45, 2.75) is 58.3 Å². The van der Waals surface area contributed by atoms with Gasteiger partial charge in [0, 0.05) is 5.56 Å². The molecular formula is C19H29NO2. The standard InChI is InChI=1S/C19H29NO2/c1-2-3-4-5-6-7-8-9-10-12-17-13-11-14-18(15-17)19(22)20-16-21/h10-15,21H,2-9,16H2,1H3,(H,20,22). The van der Waals surface area contributed by atoms with Crippen LogP contribution in [0.3, 0.4) is 0 Å². The van der Waals surface area contributed by atoms with Crippen LogP contribution in [-0.4, -0.2) is 17.7 Å². The van der Waals surface area contributed by atoms with Crippen LogP contribution >= 0.6 is 0 Å². The molecule has 0 aromatic heterocycles. The topological polar surface area (TPSA) is 49.3 Å². The Hall–Kier alpha value is -1.61. The molecule has 0 heterocycles. The zero-order chi connectivity index (χ0) is 16.0. The maximum atomic E-state index is 11.6. The second-order valence-corrected chi connectivity index (χ2v) is 5.60. The summed E-state index contributed by atoms with van der Waals surface area (Å²) >= 11 is 0. The molecule has 0 atom stereocenters. The van der Waals surface area contributed by atoms with Gasteiger partial charge in [-0.15, -0.1) is 0 Å². The first-order valence-electron chi connectivity index (χ1n) is 8.43. The van der Waals surface area contributed by atoms with Gasteiger partial charge in [0.25, 0.3) is 5.91 Å². The van der Waals surface area contributed by atoms with Crippen molar-refractivity contribution in [3.05, 3.63) is 41.5 Å². The zero-order valence-electron chi connectivity index (χ0n) is 13.7. The first-order chi connectivity index (χ1) is 10.8. The van der Waals surface area contributed by atoms with Gasteiger partial charge in [0.15, 0.2) is 0 Å². The van der Waals surface area contributed by atoms with Gasteiger partial charge >= 0.3 is 0 Å². The van der Waals surface area contributed by atoms with E-state index >= 15 is 0 Å². The summed E-state index contributed by atoms with van der Waals surface area (Å²) in [5, 5.41) is 11.1. The van der Waals surface area contributed by atoms with Gasteiger partial charge < -0.3 is 10.4 Å². The van der Waals surface area contributed by atoms with E-state index in [0.29, 0.717) is 5.56 Å². The summed E-state index contributed by atoms with van der Waals surface area (Å²) in [5.74, 6) is -0.246. The minimum atomic E-state index is -0.336. The van der Waals surface area contributed by atoms with Crippen molar-refractivity contribution >= 4 is 12.0 Å². The van der Waals surface area contributed by atoms with Crippen LogP contribution in [0.5, 0.6) is 0 Å². The summed E-state index contributed by atoms with van der Waals surface area (Å²) in [6.45, 7) is 1.91. The molecule has 0 saturated carbocycles. The van der Waals surface area contributed by atoms with E-state index in [2.05, 4.69) is 24.4 Å². The second-order valence-electron chi connectivity index (χ2n) is 5.60. The molecule has 0 unspecified atom stereocenters. The Bertz CT molecular complexity index is 455. The molecular weight excluding hydrogens is 274 g/mol. The van der Waals surface area contributed by atoms with E-state index in [0.717, 1.165) is 12.0 Å². The molecule has 0 spiro atoms. The molecule has 122 valence electrons. The van der Waals surface area contributed by atoms with Crippen LogP contribution in [-0.2, 0) is 0 Å². The quantitative estimate of drug-likeness (QED) is 0.466. The Morgan fingerprint density at radius 1 is 1.14 bits per heavy atom. The lowest BCUT2D eigenvalue weighted by atomic mass is 10.1. The first kappa shape index (κ1) is 18.4. The molecule has 0 fully saturated rings. The van der Waals surface area contributed by atoms with Gasteiger partial charge in [-0.25, -0.2) is 0 Å². The summed E-state index contributed by atoms with van der Waals surface area (Å²) in [7, 11) is 0. The molecule has 0 saturated heterocycles. The smallest absolute Gasteiger partial charge is 0.253 e. The predicted molar refractivity (Wildman–Crippen MR) is 92.6 cm³/mol. The minimum absolute atomic E-state index is 0.246. The van der Waals surface area contributed by atoms with Crippen molar-refractivity contribution in [2.75, 3.05) is 6.73 Å². The van der Waals surface area contributed by atoms with E-state index in [-0.39, 0.29) is 12.6 Å². The van der Waals surface area contributed by atoms with Crippen LogP contribution in [0.2, 0.25) is 0 Å². The zero-order valence-corrected chi connectivity index (χ0v) is 13.7. The molecule has 0 aliphatic carbocycles. The number of amides is 1. The highest BCUT2D eigenvalue weighted by Gasteiger charge is 2.03. The third kappa shape index (κ3) is 7.99. The maximum Gasteiger partial charge on any atom is 0.253 e. The number of carbonyl (C=O) groups is 1. The number of hydrogen-bond donors (Lipinski definition) is 2. The maximum absolute atomic E-state index is 11.6. The molecule has 0 bridgehead atoms. The van der Waals surface area contributed by atoms with Crippen LogP contribution in [0.1, 0.15) is 74.2 Å². The molecule has 3 heteroatoms. The number of aliphatic hydroxyl groups is 1. The van der Waals surface area contributed by atoms with Gasteiger partial charge in [0.1, 0.15) is 6.73 Å². The number of allylic oxidation sites excluding steroid dienone is 1. The molecule has 3 nitrogen and oxygen atoms in total. The minimum Gasteiger partial charge on any atom is -0.376 e. The fraction of sp³-hybridized carbons (Fsp3) is 0.526. The van der Waals surface area contributed by atoms with Crippen LogP contribution in [0, 0.1) is 0 Å². The molecule has 1 aromatic rings. The van der Waals surface area contributed by atoms with E-state index in [1.165, 1.54) is 44.9 Å². The highest BCUT2D eigenvalue weighted by molar-refractivity contribution is 5.94. The molecule has 1 rings (SSSR count). The van der Waals surface area contributed by atoms with Crippen molar-refractivity contribution in [3.8, 4) is 0 Å². The van der Waals surface area contributed by atoms with Crippen molar-refractivity contribution in [2.24, 2.45) is 0 Å². The van der Waals surface area contributed by atoms with Gasteiger partial charge in [0.05, 0.1) is 0 Å². The number of nitrogens with one attached hydrogen (secondary N) is 1. The summed E-state index contributed by atoms with van der Waals surface area (Å²) in [6, 6.07) is 7.43. The lowest BCUT2D eigenvalue weighted by molar-refractivity contribution is 0.0910. The van der Waals surface area contributed by atoms with E-state index < -0.39 is 0 Å². The monoisotopic (exact) mass is 303 g/mol. The Kier molecular flexibility index (Phi) is 10.0. The summed E-state index contributed by atoms with van der Waals surface area (Å²) in [4.78, 5) is 11.6. The van der Waals surface area contributed by atoms with Crippen molar-refractivity contribution in [3.63, 3.8) is 0 Å². The van der Waals surface area contributed by atoms with Crippen LogP contribution in [0.15, 0.2) is 30.3 Å². The largest absolute Gasteiger partial charge is 0.376 e. The molecule has 22 heavy (non-hydrogen) atoms. The van der Waals surface area contributed by atoms with Crippen molar-refractivity contribution < 1.29 is 9.90 Å². The molecule has 0 aliphatic rings. The van der Waals surface area contributed by atoms with E-state index in [1.54, 1.807) is 6.07 Å². The fourth-order valence-electron chi connectivity index (χ4n) is 2.40. The van der Waals surface area contributed by atoms with Crippen LogP contribution < -0.4 is 5.32 Å². The number of carbonyl (C=O) groups excluding carboxylic acids is 1. The molecule has 0 aliphatic heterocycles. The van der Waals surface area contributed by atoms with E-state index in [4.69, 9.17) is 5.11 Å². The Labute approximate surface area is 134 Å². The number of rotatable bonds is 11. The number of hydrogen-bond acceptors (Lipinski definition) is 2.